The van der Waals surface area contributed by atoms with Crippen LogP contribution in [0.1, 0.15) is 30.9 Å². The van der Waals surface area contributed by atoms with Crippen LogP contribution in [-0.2, 0) is 9.72 Å². The molecule has 0 atom stereocenters. The quantitative estimate of drug-likeness (QED) is 0.821. The summed E-state index contributed by atoms with van der Waals surface area (Å²) in [6.45, 7) is 1.94. The fourth-order valence-corrected chi connectivity index (χ4v) is 4.21. The van der Waals surface area contributed by atoms with Gasteiger partial charge < -0.3 is 9.79 Å². The summed E-state index contributed by atoms with van der Waals surface area (Å²) in [5.74, 6) is 0. The molecule has 0 aromatic heterocycles. The maximum absolute atomic E-state index is 12.3. The second-order valence-electron chi connectivity index (χ2n) is 4.89. The van der Waals surface area contributed by atoms with Crippen molar-refractivity contribution in [3.8, 4) is 0 Å². The van der Waals surface area contributed by atoms with Gasteiger partial charge in [0.25, 0.3) is 0 Å². The lowest BCUT2D eigenvalue weighted by Gasteiger charge is -2.35. The van der Waals surface area contributed by atoms with Gasteiger partial charge in [0.1, 0.15) is 5.16 Å². The predicted octanol–water partition coefficient (Wildman–Crippen LogP) is 3.91. The highest BCUT2D eigenvalue weighted by molar-refractivity contribution is 7.53. The van der Waals surface area contributed by atoms with Gasteiger partial charge in [0, 0.05) is 0 Å². The highest BCUT2D eigenvalue weighted by Crippen LogP contribution is 2.62. The van der Waals surface area contributed by atoms with E-state index in [-0.39, 0.29) is 0 Å². The molecule has 0 amide bonds. The second-order valence-corrected chi connectivity index (χ2v) is 6.74. The Bertz CT molecular complexity index is 550. The summed E-state index contributed by atoms with van der Waals surface area (Å²) in [4.78, 5) is 20.2. The highest BCUT2D eigenvalue weighted by Gasteiger charge is 2.48. The summed E-state index contributed by atoms with van der Waals surface area (Å²) in [5.41, 5.74) is 1.34. The van der Waals surface area contributed by atoms with Crippen molar-refractivity contribution >= 4 is 7.60 Å². The molecule has 3 nitrogen and oxygen atoms in total. The van der Waals surface area contributed by atoms with Gasteiger partial charge in [0.05, 0.1) is 0 Å². The third-order valence-corrected chi connectivity index (χ3v) is 5.35. The van der Waals surface area contributed by atoms with Crippen LogP contribution < -0.4 is 0 Å². The minimum Gasteiger partial charge on any atom is -0.324 e. The lowest BCUT2D eigenvalue weighted by Crippen LogP contribution is -2.27. The molecule has 0 fully saturated rings. The first-order chi connectivity index (χ1) is 9.52. The molecule has 2 aromatic carbocycles. The van der Waals surface area contributed by atoms with Crippen molar-refractivity contribution in [2.24, 2.45) is 0 Å². The molecule has 106 valence electrons. The summed E-state index contributed by atoms with van der Waals surface area (Å²) < 4.78 is 12.3. The van der Waals surface area contributed by atoms with E-state index in [2.05, 4.69) is 0 Å². The third kappa shape index (κ3) is 2.57. The van der Waals surface area contributed by atoms with E-state index in [9.17, 15) is 14.4 Å². The number of benzene rings is 2. The molecule has 0 radical (unpaired) electrons. The Balaban J connectivity index is 2.74. The van der Waals surface area contributed by atoms with Gasteiger partial charge in [-0.25, -0.2) is 0 Å². The minimum atomic E-state index is -4.37. The van der Waals surface area contributed by atoms with Crippen molar-refractivity contribution < 1.29 is 14.4 Å². The summed E-state index contributed by atoms with van der Waals surface area (Å²) >= 11 is 0. The van der Waals surface area contributed by atoms with Gasteiger partial charge in [-0.2, -0.15) is 0 Å². The summed E-state index contributed by atoms with van der Waals surface area (Å²) in [6, 6.07) is 18.1. The first kappa shape index (κ1) is 15.0. The highest BCUT2D eigenvalue weighted by atomic mass is 31.2. The van der Waals surface area contributed by atoms with Crippen LogP contribution >= 0.6 is 7.60 Å². The summed E-state index contributed by atoms with van der Waals surface area (Å²) in [6.07, 6.45) is 1.10. The molecule has 0 aliphatic rings. The molecule has 0 aliphatic heterocycles. The van der Waals surface area contributed by atoms with E-state index in [0.717, 1.165) is 0 Å². The zero-order valence-electron chi connectivity index (χ0n) is 11.4. The van der Waals surface area contributed by atoms with Crippen LogP contribution in [0.25, 0.3) is 0 Å². The van der Waals surface area contributed by atoms with E-state index in [1.165, 1.54) is 0 Å². The Morgan fingerprint density at radius 3 is 1.60 bits per heavy atom. The topological polar surface area (TPSA) is 57.5 Å². The van der Waals surface area contributed by atoms with E-state index in [4.69, 9.17) is 0 Å². The maximum Gasteiger partial charge on any atom is 0.340 e. The molecule has 0 heterocycles. The van der Waals surface area contributed by atoms with Crippen molar-refractivity contribution in [3.05, 3.63) is 71.8 Å². The van der Waals surface area contributed by atoms with Crippen LogP contribution in [0.3, 0.4) is 0 Å². The first-order valence-corrected chi connectivity index (χ1v) is 8.30. The molecular weight excluding hydrogens is 271 g/mol. The van der Waals surface area contributed by atoms with Crippen molar-refractivity contribution in [3.63, 3.8) is 0 Å². The van der Waals surface area contributed by atoms with Gasteiger partial charge in [-0.15, -0.1) is 0 Å². The molecule has 0 saturated heterocycles. The molecular formula is C16H19O3P. The standard InChI is InChI=1S/C16H19O3P/c1-2-13-16(20(17,18)19,14-9-5-3-6-10-14)15-11-7-4-8-12-15/h3-12H,2,13H2,1H3,(H2,17,18,19). The lowest BCUT2D eigenvalue weighted by atomic mass is 9.86. The largest absolute Gasteiger partial charge is 0.340 e. The number of hydrogen-bond donors (Lipinski definition) is 2. The van der Waals surface area contributed by atoms with Crippen molar-refractivity contribution in [2.45, 2.75) is 24.9 Å². The molecule has 2 aromatic rings. The van der Waals surface area contributed by atoms with Gasteiger partial charge >= 0.3 is 7.60 Å². The van der Waals surface area contributed by atoms with E-state index in [0.29, 0.717) is 24.0 Å². The van der Waals surface area contributed by atoms with Gasteiger partial charge in [0.15, 0.2) is 0 Å². The molecule has 0 unspecified atom stereocenters. The Hall–Kier alpha value is -1.41. The molecule has 0 spiro atoms. The van der Waals surface area contributed by atoms with E-state index in [1.807, 2.05) is 43.3 Å². The Labute approximate surface area is 119 Å². The fraction of sp³-hybridized carbons (Fsp3) is 0.250. The molecule has 2 rings (SSSR count). The van der Waals surface area contributed by atoms with Gasteiger partial charge in [0.2, 0.25) is 0 Å². The van der Waals surface area contributed by atoms with Gasteiger partial charge in [-0.1, -0.05) is 74.0 Å². The van der Waals surface area contributed by atoms with Crippen LogP contribution in [0.5, 0.6) is 0 Å². The molecule has 2 N–H and O–H groups in total. The van der Waals surface area contributed by atoms with Crippen LogP contribution in [-0.4, -0.2) is 9.79 Å². The monoisotopic (exact) mass is 290 g/mol. The molecule has 0 aliphatic carbocycles. The summed E-state index contributed by atoms with van der Waals surface area (Å²) in [5, 5.41) is -1.26. The van der Waals surface area contributed by atoms with Gasteiger partial charge in [-0.05, 0) is 17.5 Å². The number of rotatable bonds is 5. The Kier molecular flexibility index (Phi) is 4.44. The zero-order chi connectivity index (χ0) is 14.6. The van der Waals surface area contributed by atoms with Crippen LogP contribution in [0.2, 0.25) is 0 Å². The lowest BCUT2D eigenvalue weighted by molar-refractivity contribution is 0.332. The third-order valence-electron chi connectivity index (χ3n) is 3.61. The zero-order valence-corrected chi connectivity index (χ0v) is 12.3. The SMILES string of the molecule is CCCC(c1ccccc1)(c1ccccc1)P(=O)(O)O. The van der Waals surface area contributed by atoms with Crippen LogP contribution in [0.15, 0.2) is 60.7 Å². The first-order valence-electron chi connectivity index (χ1n) is 6.69. The molecule has 0 bridgehead atoms. The molecule has 4 heteroatoms. The smallest absolute Gasteiger partial charge is 0.324 e. The van der Waals surface area contributed by atoms with Crippen LogP contribution in [0, 0.1) is 0 Å². The normalized spacial score (nSPS) is 12.3. The Morgan fingerprint density at radius 1 is 0.900 bits per heavy atom. The number of hydrogen-bond acceptors (Lipinski definition) is 1. The van der Waals surface area contributed by atoms with Crippen molar-refractivity contribution in [1.82, 2.24) is 0 Å². The summed E-state index contributed by atoms with van der Waals surface area (Å²) in [7, 11) is -4.37. The van der Waals surface area contributed by atoms with E-state index in [1.54, 1.807) is 24.3 Å². The van der Waals surface area contributed by atoms with Crippen molar-refractivity contribution in [2.75, 3.05) is 0 Å². The Morgan fingerprint density at radius 2 is 1.30 bits per heavy atom. The van der Waals surface area contributed by atoms with Gasteiger partial charge in [-0.3, -0.25) is 4.57 Å². The fourth-order valence-electron chi connectivity index (χ4n) is 2.73. The minimum absolute atomic E-state index is 0.408. The molecule has 0 saturated carbocycles. The van der Waals surface area contributed by atoms with E-state index >= 15 is 0 Å². The average Bonchev–Trinajstić information content (AvgIpc) is 2.45. The second kappa shape index (κ2) is 5.92. The maximum atomic E-state index is 12.3. The predicted molar refractivity (Wildman–Crippen MR) is 80.6 cm³/mol. The van der Waals surface area contributed by atoms with Crippen molar-refractivity contribution in [1.29, 1.82) is 0 Å². The van der Waals surface area contributed by atoms with Crippen LogP contribution in [0.4, 0.5) is 0 Å². The average molecular weight is 290 g/mol. The van der Waals surface area contributed by atoms with E-state index < -0.39 is 12.8 Å². The molecule has 20 heavy (non-hydrogen) atoms.